The van der Waals surface area contributed by atoms with Crippen molar-refractivity contribution in [1.82, 2.24) is 9.78 Å². The molecule has 1 N–H and O–H groups in total. The molecule has 3 aromatic rings. The largest absolute Gasteiger partial charge is 0.306 e. The van der Waals surface area contributed by atoms with Crippen LogP contribution >= 0.6 is 0 Å². The van der Waals surface area contributed by atoms with Crippen LogP contribution in [0.15, 0.2) is 48.5 Å². The van der Waals surface area contributed by atoms with E-state index in [1.54, 1.807) is 4.68 Å². The number of carbonyl (C=O) groups is 1. The van der Waals surface area contributed by atoms with Crippen LogP contribution in [0.5, 0.6) is 0 Å². The van der Waals surface area contributed by atoms with Crippen LogP contribution in [0.1, 0.15) is 32.7 Å². The first-order chi connectivity index (χ1) is 12.5. The van der Waals surface area contributed by atoms with Gasteiger partial charge in [-0.25, -0.2) is 4.68 Å². The molecule has 0 bridgehead atoms. The third-order valence-electron chi connectivity index (χ3n) is 4.39. The Morgan fingerprint density at radius 1 is 1.08 bits per heavy atom. The third kappa shape index (κ3) is 3.08. The Morgan fingerprint density at radius 2 is 1.77 bits per heavy atom. The molecule has 4 rings (SSSR count). The number of nitrogens with zero attached hydrogens (tertiary/aromatic N) is 2. The normalized spacial score (nSPS) is 15.7. The summed E-state index contributed by atoms with van der Waals surface area (Å²) in [6.45, 7) is 3.94. The maximum Gasteiger partial charge on any atom is 0.256 e. The van der Waals surface area contributed by atoms with Crippen LogP contribution in [0, 0.1) is 13.8 Å². The average molecular weight is 365 g/mol. The van der Waals surface area contributed by atoms with Crippen molar-refractivity contribution in [2.75, 3.05) is 5.32 Å². The monoisotopic (exact) mass is 365 g/mol. The minimum atomic E-state index is -0.957. The predicted molar refractivity (Wildman–Crippen MR) is 103 cm³/mol. The molecule has 0 aliphatic carbocycles. The first kappa shape index (κ1) is 16.7. The molecule has 0 spiro atoms. The average Bonchev–Trinajstić information content (AvgIpc) is 3.12. The number of benzene rings is 2. The number of fused-ring (bicyclic) bond motifs is 1. The lowest BCUT2D eigenvalue weighted by molar-refractivity contribution is 0.102. The molecule has 1 aliphatic heterocycles. The highest BCUT2D eigenvalue weighted by molar-refractivity contribution is 7.83. The molecule has 0 saturated heterocycles. The zero-order valence-corrected chi connectivity index (χ0v) is 15.5. The molecule has 0 fully saturated rings. The van der Waals surface area contributed by atoms with E-state index in [-0.39, 0.29) is 5.91 Å². The minimum Gasteiger partial charge on any atom is -0.306 e. The highest BCUT2D eigenvalue weighted by Crippen LogP contribution is 2.31. The van der Waals surface area contributed by atoms with Gasteiger partial charge in [-0.15, -0.1) is 0 Å². The van der Waals surface area contributed by atoms with Gasteiger partial charge < -0.3 is 5.32 Å². The molecule has 2 heterocycles. The Hall–Kier alpha value is -2.73. The summed E-state index contributed by atoms with van der Waals surface area (Å²) in [6, 6.07) is 15.4. The number of carbonyl (C=O) groups excluding carboxylic acids is 1. The van der Waals surface area contributed by atoms with Crippen molar-refractivity contribution in [3.63, 3.8) is 0 Å². The third-order valence-corrected chi connectivity index (χ3v) is 5.59. The lowest BCUT2D eigenvalue weighted by Gasteiger charge is -2.12. The van der Waals surface area contributed by atoms with Crippen molar-refractivity contribution in [3.05, 3.63) is 76.5 Å². The van der Waals surface area contributed by atoms with E-state index in [9.17, 15) is 9.00 Å². The van der Waals surface area contributed by atoms with E-state index in [0.717, 1.165) is 28.1 Å². The van der Waals surface area contributed by atoms with Crippen molar-refractivity contribution in [2.45, 2.75) is 25.4 Å². The molecule has 132 valence electrons. The number of hydrogen-bond acceptors (Lipinski definition) is 3. The summed E-state index contributed by atoms with van der Waals surface area (Å²) in [5.41, 5.74) is 5.21. The molecule has 5 nitrogen and oxygen atoms in total. The van der Waals surface area contributed by atoms with Crippen LogP contribution in [-0.4, -0.2) is 19.9 Å². The highest BCUT2D eigenvalue weighted by Gasteiger charge is 2.28. The topological polar surface area (TPSA) is 64.0 Å². The van der Waals surface area contributed by atoms with Gasteiger partial charge in [0.1, 0.15) is 5.82 Å². The van der Waals surface area contributed by atoms with Crippen LogP contribution in [0.25, 0.3) is 5.69 Å². The van der Waals surface area contributed by atoms with E-state index in [1.165, 1.54) is 0 Å². The predicted octanol–water partition coefficient (Wildman–Crippen LogP) is 3.50. The maximum absolute atomic E-state index is 12.9. The summed E-state index contributed by atoms with van der Waals surface area (Å²) in [5, 5.41) is 7.61. The number of para-hydroxylation sites is 1. The van der Waals surface area contributed by atoms with Gasteiger partial charge in [-0.3, -0.25) is 9.00 Å². The number of aryl methyl sites for hydroxylation is 2. The summed E-state index contributed by atoms with van der Waals surface area (Å²) in [5.74, 6) is 1.28. The van der Waals surface area contributed by atoms with Gasteiger partial charge in [-0.05, 0) is 38.1 Å². The van der Waals surface area contributed by atoms with Crippen LogP contribution in [0.2, 0.25) is 0 Å². The van der Waals surface area contributed by atoms with Crippen molar-refractivity contribution in [2.24, 2.45) is 0 Å². The summed E-state index contributed by atoms with van der Waals surface area (Å²) < 4.78 is 13.7. The first-order valence-corrected chi connectivity index (χ1v) is 9.91. The van der Waals surface area contributed by atoms with E-state index >= 15 is 0 Å². The second-order valence-corrected chi connectivity index (χ2v) is 8.04. The molecule has 1 aliphatic rings. The Bertz CT molecular complexity index is 1000. The van der Waals surface area contributed by atoms with Gasteiger partial charge in [-0.2, -0.15) is 5.10 Å². The number of aromatic nitrogens is 2. The van der Waals surface area contributed by atoms with Crippen molar-refractivity contribution in [1.29, 1.82) is 0 Å². The standard InChI is InChI=1S/C20H19N3O2S/c1-13-8-14(2)10-15(9-13)20(24)21-19-17-11-26(25)12-18(17)22-23(19)16-6-4-3-5-7-16/h3-10H,11-12H2,1-2H3,(H,21,24). The number of amides is 1. The second kappa shape index (κ2) is 6.53. The van der Waals surface area contributed by atoms with E-state index in [4.69, 9.17) is 0 Å². The fourth-order valence-corrected chi connectivity index (χ4v) is 4.56. The molecule has 2 aromatic carbocycles. The first-order valence-electron chi connectivity index (χ1n) is 8.42. The van der Waals surface area contributed by atoms with E-state index in [0.29, 0.717) is 22.9 Å². The highest BCUT2D eigenvalue weighted by atomic mass is 32.2. The van der Waals surface area contributed by atoms with E-state index in [1.807, 2.05) is 62.4 Å². The van der Waals surface area contributed by atoms with Gasteiger partial charge in [0.15, 0.2) is 0 Å². The molecule has 1 amide bonds. The fourth-order valence-electron chi connectivity index (χ4n) is 3.30. The summed E-state index contributed by atoms with van der Waals surface area (Å²) in [4.78, 5) is 12.9. The summed E-state index contributed by atoms with van der Waals surface area (Å²) in [6.07, 6.45) is 0. The Morgan fingerprint density at radius 3 is 2.46 bits per heavy atom. The number of rotatable bonds is 3. The minimum absolute atomic E-state index is 0.186. The van der Waals surface area contributed by atoms with Gasteiger partial charge in [0.05, 0.1) is 22.9 Å². The van der Waals surface area contributed by atoms with Crippen LogP contribution < -0.4 is 5.32 Å². The van der Waals surface area contributed by atoms with Crippen LogP contribution in [-0.2, 0) is 22.3 Å². The molecule has 0 saturated carbocycles. The van der Waals surface area contributed by atoms with Gasteiger partial charge >= 0.3 is 0 Å². The van der Waals surface area contributed by atoms with Crippen molar-refractivity contribution < 1.29 is 9.00 Å². The molecule has 1 aromatic heterocycles. The molecule has 1 atom stereocenters. The molecule has 0 radical (unpaired) electrons. The maximum atomic E-state index is 12.9. The van der Waals surface area contributed by atoms with Gasteiger partial charge in [-0.1, -0.05) is 35.4 Å². The van der Waals surface area contributed by atoms with Crippen molar-refractivity contribution in [3.8, 4) is 5.69 Å². The zero-order chi connectivity index (χ0) is 18.3. The Kier molecular flexibility index (Phi) is 4.20. The Labute approximate surface area is 154 Å². The quantitative estimate of drug-likeness (QED) is 0.773. The molecular formula is C20H19N3O2S. The SMILES string of the molecule is Cc1cc(C)cc(C(=O)Nc2c3c(nn2-c2ccccc2)CS(=O)C3)c1. The molecular weight excluding hydrogens is 346 g/mol. The summed E-state index contributed by atoms with van der Waals surface area (Å²) >= 11 is 0. The second-order valence-electron chi connectivity index (χ2n) is 6.58. The van der Waals surface area contributed by atoms with Crippen molar-refractivity contribution >= 4 is 22.5 Å². The van der Waals surface area contributed by atoms with Gasteiger partial charge in [0.2, 0.25) is 0 Å². The smallest absolute Gasteiger partial charge is 0.256 e. The summed E-state index contributed by atoms with van der Waals surface area (Å²) in [7, 11) is -0.957. The van der Waals surface area contributed by atoms with Crippen LogP contribution in [0.3, 0.4) is 0 Å². The molecule has 6 heteroatoms. The lowest BCUT2D eigenvalue weighted by atomic mass is 10.1. The molecule has 26 heavy (non-hydrogen) atoms. The number of anilines is 1. The van der Waals surface area contributed by atoms with Crippen LogP contribution in [0.4, 0.5) is 5.82 Å². The number of hydrogen-bond donors (Lipinski definition) is 1. The van der Waals surface area contributed by atoms with E-state index < -0.39 is 10.8 Å². The van der Waals surface area contributed by atoms with Gasteiger partial charge in [0, 0.05) is 21.9 Å². The lowest BCUT2D eigenvalue weighted by Crippen LogP contribution is -2.17. The zero-order valence-electron chi connectivity index (χ0n) is 14.7. The van der Waals surface area contributed by atoms with Gasteiger partial charge in [0.25, 0.3) is 5.91 Å². The van der Waals surface area contributed by atoms with E-state index in [2.05, 4.69) is 10.4 Å². The molecule has 1 unspecified atom stereocenters. The fraction of sp³-hybridized carbons (Fsp3) is 0.200. The Balaban J connectivity index is 1.76. The number of nitrogens with one attached hydrogen (secondary N) is 1.